The van der Waals surface area contributed by atoms with Gasteiger partial charge in [-0.3, -0.25) is 4.79 Å². The van der Waals surface area contributed by atoms with E-state index < -0.39 is 29.6 Å². The molecule has 2 saturated heterocycles. The SMILES string of the molecule is Cc1cccc(OC2(C(=O)OC(F)C(F)F)CN3C(=O)C[C@H]3SC2C)c1. The van der Waals surface area contributed by atoms with E-state index in [-0.39, 0.29) is 17.8 Å². The van der Waals surface area contributed by atoms with Crippen molar-refractivity contribution in [3.8, 4) is 5.75 Å². The van der Waals surface area contributed by atoms with Crippen LogP contribution in [-0.4, -0.2) is 52.3 Å². The fourth-order valence-electron chi connectivity index (χ4n) is 2.99. The van der Waals surface area contributed by atoms with Gasteiger partial charge in [-0.25, -0.2) is 13.6 Å². The predicted octanol–water partition coefficient (Wildman–Crippen LogP) is 2.91. The molecular weight excluding hydrogens is 371 g/mol. The first-order valence-electron chi connectivity index (χ1n) is 8.07. The topological polar surface area (TPSA) is 55.8 Å². The van der Waals surface area contributed by atoms with Gasteiger partial charge in [0.05, 0.1) is 23.6 Å². The van der Waals surface area contributed by atoms with Gasteiger partial charge in [0.1, 0.15) is 5.75 Å². The molecule has 2 heterocycles. The van der Waals surface area contributed by atoms with Crippen LogP contribution in [0.25, 0.3) is 0 Å². The number of β-lactam (4-membered cyclic amide) rings is 1. The maximum atomic E-state index is 13.4. The number of ether oxygens (including phenoxy) is 2. The van der Waals surface area contributed by atoms with Crippen molar-refractivity contribution >= 4 is 23.6 Å². The zero-order valence-electron chi connectivity index (χ0n) is 14.2. The lowest BCUT2D eigenvalue weighted by molar-refractivity contribution is -0.194. The van der Waals surface area contributed by atoms with Gasteiger partial charge >= 0.3 is 18.8 Å². The summed E-state index contributed by atoms with van der Waals surface area (Å²) < 4.78 is 48.6. The van der Waals surface area contributed by atoms with Gasteiger partial charge < -0.3 is 14.4 Å². The number of hydrogen-bond acceptors (Lipinski definition) is 5. The number of hydrogen-bond donors (Lipinski definition) is 0. The fraction of sp³-hybridized carbons (Fsp3) is 0.529. The predicted molar refractivity (Wildman–Crippen MR) is 88.7 cm³/mol. The first-order valence-corrected chi connectivity index (χ1v) is 9.01. The molecule has 5 nitrogen and oxygen atoms in total. The highest BCUT2D eigenvalue weighted by Gasteiger charge is 2.59. The largest absolute Gasteiger partial charge is 0.472 e. The third-order valence-electron chi connectivity index (χ3n) is 4.49. The molecule has 26 heavy (non-hydrogen) atoms. The van der Waals surface area contributed by atoms with E-state index in [1.807, 2.05) is 13.0 Å². The highest BCUT2D eigenvalue weighted by molar-refractivity contribution is 8.00. The molecule has 4 atom stereocenters. The third-order valence-corrected chi connectivity index (χ3v) is 6.02. The van der Waals surface area contributed by atoms with Crippen LogP contribution in [0.5, 0.6) is 5.75 Å². The molecule has 142 valence electrons. The van der Waals surface area contributed by atoms with Crippen LogP contribution in [0.15, 0.2) is 24.3 Å². The van der Waals surface area contributed by atoms with Gasteiger partial charge in [-0.15, -0.1) is 11.8 Å². The Morgan fingerprint density at radius 3 is 2.73 bits per heavy atom. The number of thioether (sulfide) groups is 1. The lowest BCUT2D eigenvalue weighted by Crippen LogP contribution is -2.69. The van der Waals surface area contributed by atoms with Crippen molar-refractivity contribution in [1.29, 1.82) is 0 Å². The van der Waals surface area contributed by atoms with Crippen molar-refractivity contribution < 1.29 is 32.2 Å². The summed E-state index contributed by atoms with van der Waals surface area (Å²) in [4.78, 5) is 25.9. The summed E-state index contributed by atoms with van der Waals surface area (Å²) in [7, 11) is 0. The quantitative estimate of drug-likeness (QED) is 0.573. The highest BCUT2D eigenvalue weighted by Crippen LogP contribution is 2.45. The molecule has 2 aliphatic heterocycles. The summed E-state index contributed by atoms with van der Waals surface area (Å²) in [5.74, 6) is -1.11. The summed E-state index contributed by atoms with van der Waals surface area (Å²) in [6, 6.07) is 6.79. The molecule has 3 rings (SSSR count). The second-order valence-corrected chi connectivity index (χ2v) is 7.88. The van der Waals surface area contributed by atoms with Crippen LogP contribution in [-0.2, 0) is 14.3 Å². The van der Waals surface area contributed by atoms with E-state index in [9.17, 15) is 22.8 Å². The van der Waals surface area contributed by atoms with Crippen LogP contribution >= 0.6 is 11.8 Å². The normalized spacial score (nSPS) is 29.0. The Morgan fingerprint density at radius 1 is 1.38 bits per heavy atom. The zero-order chi connectivity index (χ0) is 19.1. The molecule has 0 radical (unpaired) electrons. The Morgan fingerprint density at radius 2 is 2.12 bits per heavy atom. The van der Waals surface area contributed by atoms with Crippen LogP contribution < -0.4 is 4.74 Å². The highest BCUT2D eigenvalue weighted by atomic mass is 32.2. The number of rotatable bonds is 5. The van der Waals surface area contributed by atoms with E-state index in [0.717, 1.165) is 5.56 Å². The van der Waals surface area contributed by atoms with E-state index in [1.165, 1.54) is 16.7 Å². The summed E-state index contributed by atoms with van der Waals surface area (Å²) in [6.45, 7) is 3.32. The van der Waals surface area contributed by atoms with Crippen molar-refractivity contribution in [3.63, 3.8) is 0 Å². The minimum absolute atomic E-state index is 0.101. The lowest BCUT2D eigenvalue weighted by atomic mass is 9.95. The molecule has 1 aromatic carbocycles. The van der Waals surface area contributed by atoms with E-state index in [1.54, 1.807) is 25.1 Å². The molecular formula is C17H18F3NO4S. The lowest BCUT2D eigenvalue weighted by Gasteiger charge is -2.52. The molecule has 3 unspecified atom stereocenters. The number of carbonyl (C=O) groups excluding carboxylic acids is 2. The summed E-state index contributed by atoms with van der Waals surface area (Å²) in [6.07, 6.45) is -6.17. The average Bonchev–Trinajstić information content (AvgIpc) is 2.57. The molecule has 0 spiro atoms. The van der Waals surface area contributed by atoms with Crippen LogP contribution in [0.1, 0.15) is 18.9 Å². The Bertz CT molecular complexity index is 719. The first-order chi connectivity index (χ1) is 12.2. The van der Waals surface area contributed by atoms with Gasteiger partial charge in [-0.1, -0.05) is 12.1 Å². The molecule has 2 aliphatic rings. The second-order valence-electron chi connectivity index (χ2n) is 6.36. The van der Waals surface area contributed by atoms with Crippen LogP contribution in [0.4, 0.5) is 13.2 Å². The molecule has 1 amide bonds. The number of nitrogens with zero attached hydrogens (tertiary/aromatic N) is 1. The third kappa shape index (κ3) is 3.36. The number of alkyl halides is 3. The number of halogens is 3. The van der Waals surface area contributed by atoms with Gasteiger partial charge in [-0.2, -0.15) is 4.39 Å². The van der Waals surface area contributed by atoms with E-state index in [0.29, 0.717) is 12.2 Å². The number of carbonyl (C=O) groups is 2. The standard InChI is InChI=1S/C17H18F3NO4S/c1-9-4-3-5-11(6-9)25-17(16(23)24-15(20)14(18)19)8-21-12(22)7-13(21)26-10(17)2/h3-6,10,13-15H,7-8H2,1-2H3/t10?,13-,15?,17?/m1/s1. The number of aryl methyl sites for hydroxylation is 1. The molecule has 2 fully saturated rings. The minimum Gasteiger partial charge on any atom is -0.472 e. The Kier molecular flexibility index (Phi) is 5.09. The number of fused-ring (bicyclic) bond motifs is 1. The van der Waals surface area contributed by atoms with Gasteiger partial charge in [-0.05, 0) is 31.5 Å². The Hall–Kier alpha value is -1.90. The average molecular weight is 389 g/mol. The maximum absolute atomic E-state index is 13.4. The van der Waals surface area contributed by atoms with Crippen LogP contribution in [0, 0.1) is 6.92 Å². The molecule has 9 heteroatoms. The van der Waals surface area contributed by atoms with Crippen molar-refractivity contribution in [3.05, 3.63) is 29.8 Å². The Labute approximate surface area is 152 Å². The molecule has 0 aromatic heterocycles. The van der Waals surface area contributed by atoms with Gasteiger partial charge in [0.25, 0.3) is 0 Å². The number of benzene rings is 1. The summed E-state index contributed by atoms with van der Waals surface area (Å²) in [5, 5.41) is -0.634. The molecule has 0 aliphatic carbocycles. The van der Waals surface area contributed by atoms with E-state index in [2.05, 4.69) is 4.74 Å². The number of esters is 1. The fourth-order valence-corrected chi connectivity index (χ4v) is 4.48. The van der Waals surface area contributed by atoms with E-state index >= 15 is 0 Å². The molecule has 1 aromatic rings. The summed E-state index contributed by atoms with van der Waals surface area (Å²) >= 11 is 1.30. The second kappa shape index (κ2) is 7.02. The smallest absolute Gasteiger partial charge is 0.356 e. The van der Waals surface area contributed by atoms with Crippen molar-refractivity contribution in [2.45, 2.75) is 49.3 Å². The van der Waals surface area contributed by atoms with E-state index in [4.69, 9.17) is 4.74 Å². The van der Waals surface area contributed by atoms with Crippen molar-refractivity contribution in [2.75, 3.05) is 6.54 Å². The van der Waals surface area contributed by atoms with Crippen molar-refractivity contribution in [2.24, 2.45) is 0 Å². The van der Waals surface area contributed by atoms with Gasteiger partial charge in [0, 0.05) is 0 Å². The maximum Gasteiger partial charge on any atom is 0.356 e. The van der Waals surface area contributed by atoms with Crippen LogP contribution in [0.2, 0.25) is 0 Å². The molecule has 0 saturated carbocycles. The zero-order valence-corrected chi connectivity index (χ0v) is 15.0. The first kappa shape index (κ1) is 18.9. The molecule has 0 bridgehead atoms. The monoisotopic (exact) mass is 389 g/mol. The minimum atomic E-state index is -3.46. The summed E-state index contributed by atoms with van der Waals surface area (Å²) in [5.41, 5.74) is -0.916. The number of amides is 1. The van der Waals surface area contributed by atoms with Gasteiger partial charge in [0.2, 0.25) is 11.5 Å². The van der Waals surface area contributed by atoms with Crippen LogP contribution in [0.3, 0.4) is 0 Å². The molecule has 0 N–H and O–H groups in total. The Balaban J connectivity index is 1.92. The van der Waals surface area contributed by atoms with Gasteiger partial charge in [0.15, 0.2) is 0 Å². The van der Waals surface area contributed by atoms with Crippen molar-refractivity contribution in [1.82, 2.24) is 4.90 Å².